The lowest BCUT2D eigenvalue weighted by atomic mass is 10.1. The minimum absolute atomic E-state index is 0.617. The fourth-order valence-corrected chi connectivity index (χ4v) is 1.45. The predicted octanol–water partition coefficient (Wildman–Crippen LogP) is 3.27. The van der Waals surface area contributed by atoms with E-state index in [0.717, 1.165) is 23.3 Å². The van der Waals surface area contributed by atoms with E-state index in [1.165, 1.54) is 6.07 Å². The van der Waals surface area contributed by atoms with Crippen molar-refractivity contribution in [2.75, 3.05) is 0 Å². The minimum atomic E-state index is -0.839. The molecule has 2 aromatic rings. The summed E-state index contributed by atoms with van der Waals surface area (Å²) in [5.74, 6) is -1.67. The van der Waals surface area contributed by atoms with Crippen molar-refractivity contribution in [2.45, 2.75) is 6.92 Å². The first kappa shape index (κ1) is 10.7. The van der Waals surface area contributed by atoms with E-state index in [9.17, 15) is 8.78 Å². The molecule has 3 heteroatoms. The Kier molecular flexibility index (Phi) is 2.95. The van der Waals surface area contributed by atoms with E-state index in [2.05, 4.69) is 4.98 Å². The van der Waals surface area contributed by atoms with Gasteiger partial charge in [0.25, 0.3) is 0 Å². The van der Waals surface area contributed by atoms with Gasteiger partial charge >= 0.3 is 0 Å². The number of aryl methyl sites for hydroxylation is 1. The van der Waals surface area contributed by atoms with Crippen molar-refractivity contribution in [1.29, 1.82) is 0 Å². The Morgan fingerprint density at radius 2 is 1.81 bits per heavy atom. The van der Waals surface area contributed by atoms with Gasteiger partial charge in [-0.15, -0.1) is 0 Å². The largest absolute Gasteiger partial charge is 0.264 e. The Morgan fingerprint density at radius 3 is 2.50 bits per heavy atom. The maximum Gasteiger partial charge on any atom is 0.159 e. The molecule has 0 atom stereocenters. The molecule has 2 rings (SSSR count). The van der Waals surface area contributed by atoms with Crippen LogP contribution in [-0.4, -0.2) is 4.98 Å². The van der Waals surface area contributed by atoms with Crippen LogP contribution in [0.1, 0.15) is 16.7 Å². The summed E-state index contributed by atoms with van der Waals surface area (Å²) in [4.78, 5) is 4.02. The summed E-state index contributed by atoms with van der Waals surface area (Å²) in [6, 6.07) is 5.73. The van der Waals surface area contributed by atoms with Crippen LogP contribution in [0, 0.1) is 25.0 Å². The van der Waals surface area contributed by atoms with Crippen LogP contribution in [0.15, 0.2) is 36.7 Å². The molecule has 16 heavy (non-hydrogen) atoms. The summed E-state index contributed by atoms with van der Waals surface area (Å²) in [7, 11) is 0. The fourth-order valence-electron chi connectivity index (χ4n) is 1.45. The molecule has 0 saturated heterocycles. The van der Waals surface area contributed by atoms with E-state index in [1.807, 2.05) is 13.0 Å². The highest BCUT2D eigenvalue weighted by atomic mass is 19.2. The summed E-state index contributed by atoms with van der Waals surface area (Å²) in [5.41, 5.74) is 2.51. The molecule has 0 aliphatic heterocycles. The molecule has 81 valence electrons. The summed E-state index contributed by atoms with van der Waals surface area (Å²) < 4.78 is 25.7. The standard InChI is InChI=1S/C13H10F2N/c1-9-4-11(8-16-7-9)5-10-2-3-12(14)13(15)6-10/h2-8H,1H3. The summed E-state index contributed by atoms with van der Waals surface area (Å²) in [6.07, 6.45) is 5.17. The molecule has 0 N–H and O–H groups in total. The number of pyridine rings is 1. The summed E-state index contributed by atoms with van der Waals surface area (Å²) >= 11 is 0. The zero-order valence-corrected chi connectivity index (χ0v) is 8.74. The zero-order valence-electron chi connectivity index (χ0n) is 8.74. The Hall–Kier alpha value is -1.77. The Bertz CT molecular complexity index is 509. The Labute approximate surface area is 92.8 Å². The van der Waals surface area contributed by atoms with Crippen LogP contribution in [0.5, 0.6) is 0 Å². The molecule has 0 bridgehead atoms. The van der Waals surface area contributed by atoms with E-state index in [4.69, 9.17) is 0 Å². The Morgan fingerprint density at radius 1 is 1.00 bits per heavy atom. The van der Waals surface area contributed by atoms with Crippen LogP contribution < -0.4 is 0 Å². The number of benzene rings is 1. The molecule has 0 fully saturated rings. The van der Waals surface area contributed by atoms with Gasteiger partial charge in [-0.05, 0) is 35.7 Å². The van der Waals surface area contributed by atoms with E-state index >= 15 is 0 Å². The van der Waals surface area contributed by atoms with Crippen molar-refractivity contribution < 1.29 is 8.78 Å². The molecule has 1 heterocycles. The molecular formula is C13H10F2N. The quantitative estimate of drug-likeness (QED) is 0.753. The number of aromatic nitrogens is 1. The molecule has 0 amide bonds. The van der Waals surface area contributed by atoms with E-state index in [0.29, 0.717) is 5.56 Å². The third kappa shape index (κ3) is 2.42. The van der Waals surface area contributed by atoms with Crippen LogP contribution in [-0.2, 0) is 0 Å². The number of nitrogens with zero attached hydrogens (tertiary/aromatic N) is 1. The van der Waals surface area contributed by atoms with Crippen LogP contribution in [0.25, 0.3) is 0 Å². The number of halogens is 2. The van der Waals surface area contributed by atoms with E-state index in [1.54, 1.807) is 18.8 Å². The molecule has 1 nitrogen and oxygen atoms in total. The van der Waals surface area contributed by atoms with Crippen LogP contribution >= 0.6 is 0 Å². The second-order valence-electron chi connectivity index (χ2n) is 3.61. The molecule has 1 aromatic heterocycles. The highest BCUT2D eigenvalue weighted by molar-refractivity contribution is 5.36. The van der Waals surface area contributed by atoms with Crippen molar-refractivity contribution in [2.24, 2.45) is 0 Å². The second-order valence-corrected chi connectivity index (χ2v) is 3.61. The van der Waals surface area contributed by atoms with E-state index in [-0.39, 0.29) is 0 Å². The van der Waals surface area contributed by atoms with Gasteiger partial charge in [0.05, 0.1) is 0 Å². The molecule has 0 unspecified atom stereocenters. The molecule has 0 saturated carbocycles. The normalized spacial score (nSPS) is 10.4. The molecule has 0 aliphatic rings. The minimum Gasteiger partial charge on any atom is -0.264 e. The third-order valence-electron chi connectivity index (χ3n) is 2.17. The lowest BCUT2D eigenvalue weighted by molar-refractivity contribution is 0.508. The molecule has 1 aromatic carbocycles. The van der Waals surface area contributed by atoms with Crippen LogP contribution in [0.4, 0.5) is 8.78 Å². The molecule has 0 aliphatic carbocycles. The topological polar surface area (TPSA) is 12.9 Å². The van der Waals surface area contributed by atoms with Gasteiger partial charge in [0.2, 0.25) is 0 Å². The summed E-state index contributed by atoms with van der Waals surface area (Å²) in [6.45, 7) is 1.93. The summed E-state index contributed by atoms with van der Waals surface area (Å²) in [5, 5.41) is 0. The predicted molar refractivity (Wildman–Crippen MR) is 57.8 cm³/mol. The average molecular weight is 218 g/mol. The van der Waals surface area contributed by atoms with Crippen molar-refractivity contribution in [3.05, 3.63) is 71.4 Å². The first-order valence-corrected chi connectivity index (χ1v) is 4.86. The third-order valence-corrected chi connectivity index (χ3v) is 2.17. The second kappa shape index (κ2) is 4.39. The van der Waals surface area contributed by atoms with Gasteiger partial charge in [-0.3, -0.25) is 4.98 Å². The van der Waals surface area contributed by atoms with Gasteiger partial charge in [0, 0.05) is 18.8 Å². The van der Waals surface area contributed by atoms with E-state index < -0.39 is 11.6 Å². The van der Waals surface area contributed by atoms with Crippen LogP contribution in [0.2, 0.25) is 0 Å². The van der Waals surface area contributed by atoms with Crippen molar-refractivity contribution in [1.82, 2.24) is 4.98 Å². The highest BCUT2D eigenvalue weighted by Gasteiger charge is 2.03. The first-order chi connectivity index (χ1) is 7.65. The fraction of sp³-hybridized carbons (Fsp3) is 0.0769. The zero-order chi connectivity index (χ0) is 11.5. The molecule has 0 spiro atoms. The van der Waals surface area contributed by atoms with Crippen molar-refractivity contribution in [3.8, 4) is 0 Å². The molecule has 1 radical (unpaired) electrons. The number of hydrogen-bond donors (Lipinski definition) is 0. The van der Waals surface area contributed by atoms with Crippen LogP contribution in [0.3, 0.4) is 0 Å². The van der Waals surface area contributed by atoms with Gasteiger partial charge in [0.1, 0.15) is 0 Å². The van der Waals surface area contributed by atoms with Gasteiger partial charge in [-0.2, -0.15) is 0 Å². The van der Waals surface area contributed by atoms with Gasteiger partial charge < -0.3 is 0 Å². The Balaban J connectivity index is 2.24. The highest BCUT2D eigenvalue weighted by Crippen LogP contribution is 2.15. The molecular weight excluding hydrogens is 208 g/mol. The monoisotopic (exact) mass is 218 g/mol. The van der Waals surface area contributed by atoms with Gasteiger partial charge in [-0.1, -0.05) is 12.1 Å². The lowest BCUT2D eigenvalue weighted by Crippen LogP contribution is -1.91. The maximum absolute atomic E-state index is 13.0. The SMILES string of the molecule is Cc1cncc([CH]c2ccc(F)c(F)c2)c1. The maximum atomic E-state index is 13.0. The lowest BCUT2D eigenvalue weighted by Gasteiger charge is -2.02. The van der Waals surface area contributed by atoms with Gasteiger partial charge in [0.15, 0.2) is 11.6 Å². The van der Waals surface area contributed by atoms with Gasteiger partial charge in [-0.25, -0.2) is 8.78 Å². The van der Waals surface area contributed by atoms with Crippen molar-refractivity contribution in [3.63, 3.8) is 0 Å². The van der Waals surface area contributed by atoms with Crippen molar-refractivity contribution >= 4 is 0 Å². The first-order valence-electron chi connectivity index (χ1n) is 4.86. The average Bonchev–Trinajstić information content (AvgIpc) is 2.24. The smallest absolute Gasteiger partial charge is 0.159 e. The number of hydrogen-bond acceptors (Lipinski definition) is 1. The number of rotatable bonds is 2.